The van der Waals surface area contributed by atoms with Crippen LogP contribution < -0.4 is 29.6 Å². The van der Waals surface area contributed by atoms with Gasteiger partial charge in [-0.3, -0.25) is 4.18 Å². The van der Waals surface area contributed by atoms with Crippen LogP contribution in [-0.4, -0.2) is 45.9 Å². The first-order chi connectivity index (χ1) is 12.0. The Labute approximate surface area is 188 Å². The van der Waals surface area contributed by atoms with Gasteiger partial charge in [0.1, 0.15) is 6.79 Å². The van der Waals surface area contributed by atoms with E-state index in [4.69, 9.17) is 14.2 Å². The van der Waals surface area contributed by atoms with Crippen molar-refractivity contribution < 1.29 is 60.9 Å². The molecule has 9 heteroatoms. The molecule has 0 amide bonds. The Hall–Kier alpha value is 0.750. The first kappa shape index (κ1) is 29.9. The fourth-order valence-electron chi connectivity index (χ4n) is 3.21. The van der Waals surface area contributed by atoms with E-state index in [1.165, 1.54) is 12.8 Å². The van der Waals surface area contributed by atoms with E-state index in [2.05, 4.69) is 38.8 Å². The van der Waals surface area contributed by atoms with Gasteiger partial charge in [-0.15, -0.1) is 0 Å². The van der Waals surface area contributed by atoms with Gasteiger partial charge in [-0.25, -0.2) is 8.42 Å². The third-order valence-corrected chi connectivity index (χ3v) is 4.33. The Morgan fingerprint density at radius 3 is 1.89 bits per heavy atom. The van der Waals surface area contributed by atoms with E-state index in [0.717, 1.165) is 18.3 Å². The smallest absolute Gasteiger partial charge is 0.725 e. The maximum Gasteiger partial charge on any atom is 1.00 e. The van der Waals surface area contributed by atoms with Crippen LogP contribution in [0.15, 0.2) is 0 Å². The third-order valence-electron chi connectivity index (χ3n) is 3.95. The molecule has 4 unspecified atom stereocenters. The summed E-state index contributed by atoms with van der Waals surface area (Å²) in [6.45, 7) is 13.5. The van der Waals surface area contributed by atoms with Crippen LogP contribution in [0.1, 0.15) is 60.8 Å². The van der Waals surface area contributed by atoms with Gasteiger partial charge in [0.15, 0.2) is 6.79 Å². The van der Waals surface area contributed by atoms with Crippen molar-refractivity contribution in [3.05, 3.63) is 0 Å². The van der Waals surface area contributed by atoms with Crippen molar-refractivity contribution in [3.63, 3.8) is 0 Å². The summed E-state index contributed by atoms with van der Waals surface area (Å²) in [5.74, 6) is 2.67. The molecule has 0 spiro atoms. The fraction of sp³-hybridized carbons (Fsp3) is 1.00. The number of hydrogen-bond acceptors (Lipinski definition) is 7. The average molecular weight is 421 g/mol. The van der Waals surface area contributed by atoms with E-state index in [1.807, 2.05) is 6.92 Å². The first-order valence-corrected chi connectivity index (χ1v) is 10.7. The van der Waals surface area contributed by atoms with Crippen LogP contribution in [-0.2, 0) is 28.8 Å². The second-order valence-corrected chi connectivity index (χ2v) is 8.95. The molecule has 0 rings (SSSR count). The summed E-state index contributed by atoms with van der Waals surface area (Å²) in [6.07, 6.45) is 3.47. The first-order valence-electron chi connectivity index (χ1n) is 9.36. The van der Waals surface area contributed by atoms with Crippen LogP contribution in [0.4, 0.5) is 0 Å². The molecule has 7 nitrogen and oxygen atoms in total. The van der Waals surface area contributed by atoms with E-state index in [1.54, 1.807) is 0 Å². The Balaban J connectivity index is 0. The molecule has 4 atom stereocenters. The van der Waals surface area contributed by atoms with Gasteiger partial charge >= 0.3 is 29.6 Å². The van der Waals surface area contributed by atoms with Gasteiger partial charge in [0.25, 0.3) is 0 Å². The Bertz CT molecular complexity index is 445. The summed E-state index contributed by atoms with van der Waals surface area (Å²) in [7, 11) is -4.73. The summed E-state index contributed by atoms with van der Waals surface area (Å²) in [6, 6.07) is 0. The van der Waals surface area contributed by atoms with Crippen molar-refractivity contribution in [1.29, 1.82) is 0 Å². The molecule has 158 valence electrons. The molecule has 0 bridgehead atoms. The van der Waals surface area contributed by atoms with Crippen molar-refractivity contribution in [2.24, 2.45) is 23.7 Å². The average Bonchev–Trinajstić information content (AvgIpc) is 2.44. The van der Waals surface area contributed by atoms with Crippen molar-refractivity contribution in [2.75, 3.05) is 26.8 Å². The summed E-state index contributed by atoms with van der Waals surface area (Å²) < 4.78 is 50.2. The van der Waals surface area contributed by atoms with Gasteiger partial charge in [-0.05, 0) is 49.9 Å². The predicted molar refractivity (Wildman–Crippen MR) is 99.1 cm³/mol. The molecule has 0 aliphatic rings. The Morgan fingerprint density at radius 2 is 1.33 bits per heavy atom. The summed E-state index contributed by atoms with van der Waals surface area (Å²) in [5.41, 5.74) is 0. The zero-order chi connectivity index (χ0) is 20.2. The number of rotatable bonds is 16. The second kappa shape index (κ2) is 16.5. The molecule has 0 N–H and O–H groups in total. The second-order valence-electron chi connectivity index (χ2n) is 7.90. The van der Waals surface area contributed by atoms with E-state index in [0.29, 0.717) is 25.0 Å². The molecule has 27 heavy (non-hydrogen) atoms. The summed E-state index contributed by atoms with van der Waals surface area (Å²) in [4.78, 5) is 0. The molecule has 0 radical (unpaired) electrons. The molecule has 0 saturated heterocycles. The van der Waals surface area contributed by atoms with Gasteiger partial charge in [-0.1, -0.05) is 34.6 Å². The van der Waals surface area contributed by atoms with Crippen molar-refractivity contribution in [2.45, 2.75) is 66.9 Å². The topological polar surface area (TPSA) is 94.1 Å². The minimum absolute atomic E-state index is 0. The van der Waals surface area contributed by atoms with E-state index in [9.17, 15) is 13.0 Å². The monoisotopic (exact) mass is 420 g/mol. The quantitative estimate of drug-likeness (QED) is 0.118. The molecule has 0 aromatic rings. The minimum atomic E-state index is -4.73. The van der Waals surface area contributed by atoms with E-state index < -0.39 is 17.2 Å². The maximum atomic E-state index is 10.2. The molecule has 0 saturated carbocycles. The van der Waals surface area contributed by atoms with Gasteiger partial charge in [-0.2, -0.15) is 0 Å². The zero-order valence-electron chi connectivity index (χ0n) is 18.1. The third kappa shape index (κ3) is 21.3. The van der Waals surface area contributed by atoms with Crippen LogP contribution in [0.3, 0.4) is 0 Å². The van der Waals surface area contributed by atoms with Gasteiger partial charge in [0, 0.05) is 6.61 Å². The van der Waals surface area contributed by atoms with Crippen molar-refractivity contribution in [3.8, 4) is 0 Å². The number of ether oxygens (including phenoxy) is 3. The molecular formula is C18H37NaO7S. The van der Waals surface area contributed by atoms with Crippen LogP contribution in [0.2, 0.25) is 0 Å². The van der Waals surface area contributed by atoms with Crippen molar-refractivity contribution >= 4 is 10.4 Å². The van der Waals surface area contributed by atoms with Crippen LogP contribution in [0.5, 0.6) is 0 Å². The molecule has 0 heterocycles. The molecule has 0 aromatic heterocycles. The summed E-state index contributed by atoms with van der Waals surface area (Å²) >= 11 is 0. The van der Waals surface area contributed by atoms with E-state index >= 15 is 0 Å². The molecule has 0 aliphatic heterocycles. The Kier molecular flexibility index (Phi) is 18.3. The fourth-order valence-corrected chi connectivity index (χ4v) is 3.40. The van der Waals surface area contributed by atoms with Crippen LogP contribution >= 0.6 is 0 Å². The van der Waals surface area contributed by atoms with Crippen molar-refractivity contribution in [1.82, 2.24) is 0 Å². The zero-order valence-corrected chi connectivity index (χ0v) is 20.9. The standard InChI is InChI=1S/C18H38O7S.Na/c1-14(2)7-15(3)8-16(4)9-17(5)10-22-11-18(6)24-12-23-13-25-26(19,20)21;/h14-18H,7-13H2,1-6H3,(H,19,20,21);/q;+1/p-1. The largest absolute Gasteiger partial charge is 1.00 e. The normalized spacial score (nSPS) is 16.6. The molecular weight excluding hydrogens is 383 g/mol. The molecule has 0 aliphatic carbocycles. The predicted octanol–water partition coefficient (Wildman–Crippen LogP) is 0.555. The van der Waals surface area contributed by atoms with Gasteiger partial charge in [0.05, 0.1) is 12.7 Å². The maximum absolute atomic E-state index is 10.2. The minimum Gasteiger partial charge on any atom is -0.725 e. The van der Waals surface area contributed by atoms with Crippen LogP contribution in [0, 0.1) is 23.7 Å². The molecule has 0 fully saturated rings. The number of hydrogen-bond donors (Lipinski definition) is 0. The summed E-state index contributed by atoms with van der Waals surface area (Å²) in [5, 5.41) is 0. The molecule has 0 aromatic carbocycles. The van der Waals surface area contributed by atoms with Gasteiger partial charge in [0.2, 0.25) is 10.4 Å². The SMILES string of the molecule is CC(C)CC(C)CC(C)CC(C)COCC(C)OCOCOS(=O)(=O)[O-].[Na+]. The van der Waals surface area contributed by atoms with Gasteiger partial charge < -0.3 is 18.8 Å². The van der Waals surface area contributed by atoms with E-state index in [-0.39, 0.29) is 42.5 Å². The Morgan fingerprint density at radius 1 is 0.778 bits per heavy atom. The van der Waals surface area contributed by atoms with Crippen LogP contribution in [0.25, 0.3) is 0 Å².